The van der Waals surface area contributed by atoms with Gasteiger partial charge in [0.05, 0.1) is 11.4 Å². The summed E-state index contributed by atoms with van der Waals surface area (Å²) in [5.74, 6) is 2.42. The van der Waals surface area contributed by atoms with Crippen molar-refractivity contribution in [3.05, 3.63) is 22.7 Å². The first-order valence-electron chi connectivity index (χ1n) is 5.49. The van der Waals surface area contributed by atoms with E-state index in [2.05, 4.69) is 40.9 Å². The number of anilines is 2. The van der Waals surface area contributed by atoms with Crippen molar-refractivity contribution in [2.24, 2.45) is 0 Å². The number of hydrogen-bond acceptors (Lipinski definition) is 3. The number of benzene rings is 1. The molecule has 1 rings (SSSR count). The van der Waals surface area contributed by atoms with Crippen LogP contribution in [0.3, 0.4) is 0 Å². The van der Waals surface area contributed by atoms with Crippen LogP contribution in [-0.2, 0) is 0 Å². The third-order valence-corrected chi connectivity index (χ3v) is 3.87. The number of nitrogens with zero attached hydrogens (tertiary/aromatic N) is 1. The smallest absolute Gasteiger partial charge is 0.0598 e. The minimum Gasteiger partial charge on any atom is -0.397 e. The average Bonchev–Trinajstić information content (AvgIpc) is 2.24. The number of nitrogens with two attached hydrogens (primary N) is 1. The van der Waals surface area contributed by atoms with Gasteiger partial charge >= 0.3 is 0 Å². The lowest BCUT2D eigenvalue weighted by Crippen LogP contribution is -2.20. The SMILES string of the molecule is CCSCCCN(C)c1ccc(Br)cc1N. The predicted molar refractivity (Wildman–Crippen MR) is 79.4 cm³/mol. The van der Waals surface area contributed by atoms with Gasteiger partial charge < -0.3 is 10.6 Å². The van der Waals surface area contributed by atoms with Crippen LogP contribution < -0.4 is 10.6 Å². The molecule has 0 bridgehead atoms. The van der Waals surface area contributed by atoms with Crippen molar-refractivity contribution in [3.63, 3.8) is 0 Å². The van der Waals surface area contributed by atoms with E-state index in [0.29, 0.717) is 0 Å². The summed E-state index contributed by atoms with van der Waals surface area (Å²) in [4.78, 5) is 2.22. The van der Waals surface area contributed by atoms with E-state index in [1.54, 1.807) is 0 Å². The lowest BCUT2D eigenvalue weighted by atomic mass is 10.2. The summed E-state index contributed by atoms with van der Waals surface area (Å²) in [5.41, 5.74) is 7.92. The van der Waals surface area contributed by atoms with Crippen molar-refractivity contribution in [1.29, 1.82) is 0 Å². The Kier molecular flexibility index (Phi) is 6.06. The first-order valence-corrected chi connectivity index (χ1v) is 7.43. The van der Waals surface area contributed by atoms with Gasteiger partial charge in [0.15, 0.2) is 0 Å². The molecule has 0 fully saturated rings. The Morgan fingerprint density at radius 3 is 2.81 bits per heavy atom. The van der Waals surface area contributed by atoms with Gasteiger partial charge in [0, 0.05) is 18.1 Å². The molecule has 0 spiro atoms. The maximum absolute atomic E-state index is 5.98. The van der Waals surface area contributed by atoms with Gasteiger partial charge in [-0.2, -0.15) is 11.8 Å². The summed E-state index contributed by atoms with van der Waals surface area (Å²) in [7, 11) is 2.09. The Labute approximate surface area is 111 Å². The maximum Gasteiger partial charge on any atom is 0.0598 e. The maximum atomic E-state index is 5.98. The van der Waals surface area contributed by atoms with Gasteiger partial charge in [-0.1, -0.05) is 22.9 Å². The number of rotatable bonds is 6. The summed E-state index contributed by atoms with van der Waals surface area (Å²) in [6.07, 6.45) is 1.20. The number of halogens is 1. The highest BCUT2D eigenvalue weighted by Crippen LogP contribution is 2.25. The van der Waals surface area contributed by atoms with Gasteiger partial charge in [0.1, 0.15) is 0 Å². The van der Waals surface area contributed by atoms with Crippen LogP contribution >= 0.6 is 27.7 Å². The van der Waals surface area contributed by atoms with Crippen LogP contribution in [0, 0.1) is 0 Å². The fourth-order valence-corrected chi connectivity index (χ4v) is 2.54. The molecule has 16 heavy (non-hydrogen) atoms. The van der Waals surface area contributed by atoms with Gasteiger partial charge in [-0.25, -0.2) is 0 Å². The van der Waals surface area contributed by atoms with Crippen LogP contribution in [0.2, 0.25) is 0 Å². The third kappa shape index (κ3) is 4.26. The van der Waals surface area contributed by atoms with Crippen LogP contribution in [-0.4, -0.2) is 25.1 Å². The van der Waals surface area contributed by atoms with Crippen LogP contribution in [0.25, 0.3) is 0 Å². The van der Waals surface area contributed by atoms with E-state index in [9.17, 15) is 0 Å². The van der Waals surface area contributed by atoms with Crippen LogP contribution in [0.5, 0.6) is 0 Å². The van der Waals surface area contributed by atoms with Crippen molar-refractivity contribution < 1.29 is 0 Å². The molecule has 2 nitrogen and oxygen atoms in total. The second-order valence-electron chi connectivity index (χ2n) is 3.68. The zero-order chi connectivity index (χ0) is 12.0. The Bertz CT molecular complexity index is 331. The van der Waals surface area contributed by atoms with E-state index in [4.69, 9.17) is 5.73 Å². The van der Waals surface area contributed by atoms with E-state index in [1.807, 2.05) is 23.9 Å². The van der Waals surface area contributed by atoms with Gasteiger partial charge in [-0.3, -0.25) is 0 Å². The van der Waals surface area contributed by atoms with Gasteiger partial charge in [0.25, 0.3) is 0 Å². The number of hydrogen-bond donors (Lipinski definition) is 1. The van der Waals surface area contributed by atoms with E-state index < -0.39 is 0 Å². The van der Waals surface area contributed by atoms with Gasteiger partial charge in [0.2, 0.25) is 0 Å². The van der Waals surface area contributed by atoms with Crippen LogP contribution in [0.15, 0.2) is 22.7 Å². The molecule has 0 saturated carbocycles. The molecule has 0 atom stereocenters. The summed E-state index contributed by atoms with van der Waals surface area (Å²) in [5, 5.41) is 0. The summed E-state index contributed by atoms with van der Waals surface area (Å²) < 4.78 is 1.03. The van der Waals surface area contributed by atoms with Crippen LogP contribution in [0.4, 0.5) is 11.4 Å². The molecule has 0 aliphatic carbocycles. The fourth-order valence-electron chi connectivity index (χ4n) is 1.54. The lowest BCUT2D eigenvalue weighted by molar-refractivity contribution is 0.860. The molecule has 1 aromatic rings. The largest absolute Gasteiger partial charge is 0.397 e. The molecule has 90 valence electrons. The van der Waals surface area contributed by atoms with Crippen molar-refractivity contribution in [2.75, 3.05) is 35.7 Å². The zero-order valence-corrected chi connectivity index (χ0v) is 12.3. The van der Waals surface area contributed by atoms with Crippen molar-refractivity contribution in [2.45, 2.75) is 13.3 Å². The molecule has 0 radical (unpaired) electrons. The summed E-state index contributed by atoms with van der Waals surface area (Å²) >= 11 is 5.40. The molecule has 0 heterocycles. The molecular formula is C12H19BrN2S. The van der Waals surface area contributed by atoms with E-state index in [0.717, 1.165) is 22.4 Å². The lowest BCUT2D eigenvalue weighted by Gasteiger charge is -2.21. The van der Waals surface area contributed by atoms with Gasteiger partial charge in [-0.05, 0) is 36.1 Å². The predicted octanol–water partition coefficient (Wildman–Crippen LogP) is 3.61. The van der Waals surface area contributed by atoms with E-state index in [-0.39, 0.29) is 0 Å². The molecule has 0 aliphatic heterocycles. The van der Waals surface area contributed by atoms with Crippen LogP contribution in [0.1, 0.15) is 13.3 Å². The monoisotopic (exact) mass is 302 g/mol. The highest BCUT2D eigenvalue weighted by molar-refractivity contribution is 9.10. The summed E-state index contributed by atoms with van der Waals surface area (Å²) in [6, 6.07) is 6.04. The second kappa shape index (κ2) is 7.07. The van der Waals surface area contributed by atoms with Crippen molar-refractivity contribution in [3.8, 4) is 0 Å². The molecule has 2 N–H and O–H groups in total. The molecule has 0 aromatic heterocycles. The molecule has 4 heteroatoms. The normalized spacial score (nSPS) is 10.4. The fraction of sp³-hybridized carbons (Fsp3) is 0.500. The molecule has 0 aliphatic rings. The van der Waals surface area contributed by atoms with E-state index in [1.165, 1.54) is 17.9 Å². The molecule has 1 aromatic carbocycles. The van der Waals surface area contributed by atoms with Crippen molar-refractivity contribution >= 4 is 39.1 Å². The first kappa shape index (κ1) is 13.7. The number of thioether (sulfide) groups is 1. The van der Waals surface area contributed by atoms with Gasteiger partial charge in [-0.15, -0.1) is 0 Å². The summed E-state index contributed by atoms with van der Waals surface area (Å²) in [6.45, 7) is 3.25. The quantitative estimate of drug-likeness (QED) is 0.643. The topological polar surface area (TPSA) is 29.3 Å². The minimum atomic E-state index is 0.833. The highest BCUT2D eigenvalue weighted by Gasteiger charge is 2.04. The second-order valence-corrected chi connectivity index (χ2v) is 5.98. The molecular weight excluding hydrogens is 284 g/mol. The zero-order valence-electron chi connectivity index (χ0n) is 9.87. The molecule has 0 unspecified atom stereocenters. The molecule has 0 saturated heterocycles. The van der Waals surface area contributed by atoms with Crippen molar-refractivity contribution in [1.82, 2.24) is 0 Å². The Hall–Kier alpha value is -0.350. The number of nitrogen functional groups attached to an aromatic ring is 1. The minimum absolute atomic E-state index is 0.833. The Balaban J connectivity index is 2.49. The van der Waals surface area contributed by atoms with E-state index >= 15 is 0 Å². The molecule has 0 amide bonds. The standard InChI is InChI=1S/C12H19BrN2S/c1-3-16-8-4-7-15(2)12-6-5-10(13)9-11(12)14/h5-6,9H,3-4,7-8,14H2,1-2H3. The first-order chi connectivity index (χ1) is 7.65. The average molecular weight is 303 g/mol. The third-order valence-electron chi connectivity index (χ3n) is 2.39. The highest BCUT2D eigenvalue weighted by atomic mass is 79.9. The Morgan fingerprint density at radius 2 is 2.19 bits per heavy atom. The Morgan fingerprint density at radius 1 is 1.44 bits per heavy atom.